The van der Waals surface area contributed by atoms with Crippen molar-refractivity contribution in [1.29, 1.82) is 15.8 Å². The number of carbonyl (C=O) groups excluding carboxylic acids is 8. The number of nitrogens with one attached hydrogen (secondary N) is 7. The van der Waals surface area contributed by atoms with Crippen molar-refractivity contribution in [3.63, 3.8) is 0 Å². The van der Waals surface area contributed by atoms with E-state index in [1.54, 1.807) is 0 Å². The fourth-order valence-corrected chi connectivity index (χ4v) is 16.1. The monoisotopic (exact) mass is 1980 g/mol. The Kier molecular flexibility index (Phi) is 64.4. The summed E-state index contributed by atoms with van der Waals surface area (Å²) >= 11 is 18.7. The number of morpholine rings is 2. The van der Waals surface area contributed by atoms with Crippen LogP contribution in [0.15, 0.2) is 15.0 Å². The molecule has 5 aliphatic heterocycles. The lowest BCUT2D eigenvalue weighted by molar-refractivity contribution is -0.125. The summed E-state index contributed by atoms with van der Waals surface area (Å²) in [6.07, 6.45) is 24.1. The fraction of sp³-hybridized carbons (Fsp3) is 0.847. The zero-order valence-corrected chi connectivity index (χ0v) is 87.1. The highest BCUT2D eigenvalue weighted by Crippen LogP contribution is 2.33. The van der Waals surface area contributed by atoms with Crippen molar-refractivity contribution >= 4 is 117 Å². The summed E-state index contributed by atoms with van der Waals surface area (Å²) in [5.74, 6) is 1.12. The van der Waals surface area contributed by atoms with Crippen LogP contribution in [0.5, 0.6) is 0 Å². The Bertz CT molecular complexity index is 3660. The summed E-state index contributed by atoms with van der Waals surface area (Å²) in [6.45, 7) is 51.6. The molecule has 0 aromatic rings. The molecule has 0 radical (unpaired) electrons. The maximum absolute atomic E-state index is 13.8. The van der Waals surface area contributed by atoms with Gasteiger partial charge >= 0.3 is 29.8 Å². The summed E-state index contributed by atoms with van der Waals surface area (Å²) in [4.78, 5) is 116. The van der Waals surface area contributed by atoms with Crippen LogP contribution in [0.2, 0.25) is 0 Å². The summed E-state index contributed by atoms with van der Waals surface area (Å²) in [5.41, 5.74) is 2.52. The van der Waals surface area contributed by atoms with Gasteiger partial charge in [-0.05, 0) is 178 Å². The van der Waals surface area contributed by atoms with Gasteiger partial charge in [0.15, 0.2) is 5.11 Å². The smallest absolute Gasteiger partial charge is 0.442 e. The first-order chi connectivity index (χ1) is 62.6. The summed E-state index contributed by atoms with van der Waals surface area (Å²) in [6, 6.07) is 5.37. The standard InChI is InChI=1S/C29H50N6O4.C25H43N5O3S.C18H32N4O.2C7H11NO2S.C6H11ClO2.C4H9NO.2CH4/c1-5-13-34-14-11-29(21-30,12-15-34)33-25(36)24(20-23-9-7-6-8-10-23)31-26(35-16-18-38-19-17-35)32-27(37)39-22-28(2,3)4;1-5-13-30-14-11-25(17-26,12-15-30)29-21(31)20(16-19-9-7-6-8-10-19)27-22(34)28-23(32)33-18-24(2,3)4;1-2-10-22-11-8-18(14-19,9-12-22)21-17(23)16(20)13-15-6-4-3-5-7-15;2*1-7(2,3)4-10-6(9)8-5-11;1-6(2,3)4-9-5(7)8;1-3-6-4-2-5-1;;/h23-24H,5-20,22H2,1-4H3,(H,33,36)(H,31,32,37);19-20H,5-16,18H2,1-4H3,(H,29,31)(H2,27,28,32,34);15-16H,2-13,20H2,1H3,(H,21,23);2*4H2,1-3H3;4H2,1-3H3;5H,1-4H2;2*1H4. The van der Waals surface area contributed by atoms with E-state index in [-0.39, 0.29) is 78.0 Å². The average molecular weight is 1980 g/mol. The van der Waals surface area contributed by atoms with Gasteiger partial charge in [0.2, 0.25) is 23.7 Å². The topological polar surface area (TPSA) is 433 Å². The molecule has 9 N–H and O–H groups in total. The van der Waals surface area contributed by atoms with E-state index in [2.05, 4.69) is 130 Å². The molecule has 5 saturated heterocycles. The first-order valence-electron chi connectivity index (χ1n) is 48.4. The molecule has 3 atom stereocenters. The summed E-state index contributed by atoms with van der Waals surface area (Å²) in [7, 11) is 0. The minimum Gasteiger partial charge on any atom is -0.453 e. The van der Waals surface area contributed by atoms with Crippen molar-refractivity contribution in [1.82, 2.24) is 56.8 Å². The Labute approximate surface area is 832 Å². The number of amides is 7. The van der Waals surface area contributed by atoms with E-state index >= 15 is 0 Å². The van der Waals surface area contributed by atoms with Gasteiger partial charge < -0.3 is 85.1 Å². The van der Waals surface area contributed by atoms with Gasteiger partial charge in [0.1, 0.15) is 28.7 Å². The zero-order valence-electron chi connectivity index (χ0n) is 83.9. The SMILES string of the molecule is C.C.C1COCCN1.CC(C)(C)COC(=O)Cl.CC(C)(C)COC(=O)N=C=S.CC(C)(C)COC(=O)N=C=S.CCCN1CCC(C#N)(NC(=O)C(CC2CCCCC2)N=C(NC(=O)OCC(C)(C)C)N2CCOCC2)CC1.CCCN1CCC(C#N)(NC(=O)C(CC2CCCCC2)NC(=S)NC(=O)OCC(C)(C)C)CC1.CCCN1CCC(C#N)(NC(=O)C(N)CC2CCCCC2)CC1. The minimum absolute atomic E-state index is 0. The normalized spacial score (nSPS) is 18.9. The second kappa shape index (κ2) is 68.0. The third kappa shape index (κ3) is 61.1. The predicted molar refractivity (Wildman–Crippen MR) is 545 cm³/mol. The number of hydrogen-bond donors (Lipinski definition) is 8. The van der Waals surface area contributed by atoms with E-state index in [1.165, 1.54) is 44.9 Å². The lowest BCUT2D eigenvalue weighted by Gasteiger charge is -2.38. The van der Waals surface area contributed by atoms with Gasteiger partial charge in [-0.1, -0.05) is 236 Å². The van der Waals surface area contributed by atoms with Crippen molar-refractivity contribution in [3.8, 4) is 18.2 Å². The fourth-order valence-electron chi connectivity index (χ4n) is 15.6. The van der Waals surface area contributed by atoms with E-state index < -0.39 is 64.5 Å². The zero-order chi connectivity index (χ0) is 99.8. The average Bonchev–Trinajstić information content (AvgIpc) is 0.823. The molecule has 3 saturated carbocycles. The summed E-state index contributed by atoms with van der Waals surface area (Å²) in [5, 5.41) is 54.3. The minimum atomic E-state index is -0.889. The van der Waals surface area contributed by atoms with Crippen LogP contribution < -0.4 is 43.0 Å². The van der Waals surface area contributed by atoms with Crippen molar-refractivity contribution in [2.24, 2.45) is 65.5 Å². The Hall–Kier alpha value is -7.20. The number of aliphatic imine (C=N–C) groups is 3. The van der Waals surface area contributed by atoms with Gasteiger partial charge in [-0.25, -0.2) is 29.0 Å². The van der Waals surface area contributed by atoms with Crippen LogP contribution >= 0.6 is 48.3 Å². The highest BCUT2D eigenvalue weighted by Gasteiger charge is 2.42. The molecule has 5 heterocycles. The molecule has 0 aromatic carbocycles. The Morgan fingerprint density at radius 1 is 0.467 bits per heavy atom. The molecule has 0 spiro atoms. The lowest BCUT2D eigenvalue weighted by atomic mass is 9.84. The second-order valence-corrected chi connectivity index (χ2v) is 43.2. The van der Waals surface area contributed by atoms with Crippen LogP contribution in [0.3, 0.4) is 0 Å². The largest absolute Gasteiger partial charge is 0.453 e. The quantitative estimate of drug-likeness (QED) is 0.0138. The highest BCUT2D eigenvalue weighted by molar-refractivity contribution is 7.80. The molecule has 8 aliphatic rings. The van der Waals surface area contributed by atoms with Gasteiger partial charge in [0.05, 0.1) is 94.0 Å². The van der Waals surface area contributed by atoms with Crippen LogP contribution in [0.4, 0.5) is 24.0 Å². The van der Waals surface area contributed by atoms with Gasteiger partial charge in [-0.15, -0.1) is 9.98 Å². The van der Waals surface area contributed by atoms with Crippen molar-refractivity contribution in [2.45, 2.75) is 348 Å². The molecule has 135 heavy (non-hydrogen) atoms. The molecule has 0 bridgehead atoms. The molecule has 3 aliphatic carbocycles. The molecule has 37 heteroatoms. The third-order valence-corrected chi connectivity index (χ3v) is 23.4. The van der Waals surface area contributed by atoms with E-state index in [9.17, 15) is 54.1 Å². The second-order valence-electron chi connectivity index (χ2n) is 42.1. The number of isothiocyanates is 2. The van der Waals surface area contributed by atoms with Gasteiger partial charge in [-0.3, -0.25) is 25.0 Å². The Morgan fingerprint density at radius 2 is 0.793 bits per heavy atom. The number of ether oxygens (including phenoxy) is 7. The maximum Gasteiger partial charge on any atom is 0.442 e. The molecular formula is C98H175ClN18O15S3. The third-order valence-electron chi connectivity index (χ3n) is 22.9. The number of rotatable bonds is 25. The number of likely N-dealkylation sites (tertiary alicyclic amines) is 3. The van der Waals surface area contributed by atoms with Gasteiger partial charge in [-0.2, -0.15) is 15.8 Å². The number of halogens is 1. The number of piperidine rings is 3. The van der Waals surface area contributed by atoms with E-state index in [0.29, 0.717) is 121 Å². The Balaban J connectivity index is 0.00000169. The molecule has 33 nitrogen and oxygen atoms in total. The predicted octanol–water partition coefficient (Wildman–Crippen LogP) is 17.5. The van der Waals surface area contributed by atoms with E-state index in [4.69, 9.17) is 63.0 Å². The lowest BCUT2D eigenvalue weighted by Crippen LogP contribution is -2.60. The first kappa shape index (κ1) is 128. The number of thiocarbonyl (C=S) groups is 3. The number of hydrogen-bond acceptors (Lipinski definition) is 27. The van der Waals surface area contributed by atoms with Crippen LogP contribution in [0, 0.1) is 78.8 Å². The van der Waals surface area contributed by atoms with Crippen LogP contribution in [0.1, 0.15) is 313 Å². The number of alkyl carbamates (subject to hydrolysis) is 2. The summed E-state index contributed by atoms with van der Waals surface area (Å²) < 4.78 is 35.2. The first-order valence-corrected chi connectivity index (χ1v) is 50.0. The molecule has 8 fully saturated rings. The van der Waals surface area contributed by atoms with Crippen molar-refractivity contribution in [3.05, 3.63) is 0 Å². The van der Waals surface area contributed by atoms with E-state index in [0.717, 1.165) is 162 Å². The Morgan fingerprint density at radius 3 is 1.11 bits per heavy atom. The van der Waals surface area contributed by atoms with Gasteiger partial charge in [0, 0.05) is 77.0 Å². The molecule has 3 unspecified atom stereocenters. The number of nitrogens with two attached hydrogens (primary N) is 1. The molecular weight excluding hydrogens is 1800 g/mol. The van der Waals surface area contributed by atoms with Crippen molar-refractivity contribution < 1.29 is 71.5 Å². The van der Waals surface area contributed by atoms with Crippen LogP contribution in [-0.2, 0) is 47.5 Å². The number of nitrogens with zero attached hydrogens (tertiary/aromatic N) is 10. The van der Waals surface area contributed by atoms with Crippen LogP contribution in [0.25, 0.3) is 0 Å². The molecule has 0 aromatic heterocycles. The number of carbonyl (C=O) groups is 8. The van der Waals surface area contributed by atoms with E-state index in [1.807, 2.05) is 119 Å². The molecule has 7 amide bonds. The molecule has 8 rings (SSSR count). The maximum atomic E-state index is 13.8. The molecule has 772 valence electrons. The van der Waals surface area contributed by atoms with Gasteiger partial charge in [0.25, 0.3) is 0 Å². The highest BCUT2D eigenvalue weighted by atomic mass is 35.5. The van der Waals surface area contributed by atoms with Crippen LogP contribution in [-0.4, -0.2) is 268 Å². The van der Waals surface area contributed by atoms with Crippen molar-refractivity contribution in [2.75, 3.05) is 145 Å². The number of nitriles is 3. The number of guanidine groups is 1.